The lowest BCUT2D eigenvalue weighted by molar-refractivity contribution is 0.247. The van der Waals surface area contributed by atoms with Gasteiger partial charge in [-0.15, -0.1) is 0 Å². The van der Waals surface area contributed by atoms with E-state index in [-0.39, 0.29) is 5.75 Å². The zero-order valence-electron chi connectivity index (χ0n) is 13.0. The van der Waals surface area contributed by atoms with Crippen molar-refractivity contribution in [1.82, 2.24) is 4.90 Å². The molecule has 1 fully saturated rings. The Morgan fingerprint density at radius 3 is 2.33 bits per heavy atom. The maximum atomic E-state index is 12.4. The predicted octanol–water partition coefficient (Wildman–Crippen LogP) is 2.04. The van der Waals surface area contributed by atoms with Crippen LogP contribution in [0.5, 0.6) is 0 Å². The second-order valence-corrected chi connectivity index (χ2v) is 8.40. The van der Waals surface area contributed by atoms with Crippen molar-refractivity contribution in [3.8, 4) is 0 Å². The second-order valence-electron chi connectivity index (χ2n) is 6.29. The summed E-state index contributed by atoms with van der Waals surface area (Å²) in [7, 11) is -3.20. The third-order valence-electron chi connectivity index (χ3n) is 3.83. The molecule has 0 bridgehead atoms. The third kappa shape index (κ3) is 4.80. The predicted molar refractivity (Wildman–Crippen MR) is 85.8 cm³/mol. The summed E-state index contributed by atoms with van der Waals surface area (Å²) in [5.74, 6) is 0.759. The zero-order chi connectivity index (χ0) is 15.5. The van der Waals surface area contributed by atoms with Crippen molar-refractivity contribution in [2.75, 3.05) is 18.8 Å². The largest absolute Gasteiger partial charge is 0.326 e. The molecule has 0 amide bonds. The summed E-state index contributed by atoms with van der Waals surface area (Å²) in [5, 5.41) is 0. The van der Waals surface area contributed by atoms with Gasteiger partial charge in [0, 0.05) is 25.7 Å². The van der Waals surface area contributed by atoms with Crippen molar-refractivity contribution in [3.05, 3.63) is 29.8 Å². The van der Waals surface area contributed by atoms with E-state index in [4.69, 9.17) is 5.73 Å². The molecule has 4 nitrogen and oxygen atoms in total. The van der Waals surface area contributed by atoms with Gasteiger partial charge in [0.25, 0.3) is 0 Å². The molecule has 1 aromatic carbocycles. The molecule has 0 aromatic heterocycles. The number of hydrogen-bond acceptors (Lipinski definition) is 4. The zero-order valence-corrected chi connectivity index (χ0v) is 13.8. The monoisotopic (exact) mass is 310 g/mol. The first kappa shape index (κ1) is 16.5. The highest BCUT2D eigenvalue weighted by Crippen LogP contribution is 2.27. The van der Waals surface area contributed by atoms with Crippen molar-refractivity contribution >= 4 is 9.84 Å². The van der Waals surface area contributed by atoms with Crippen LogP contribution in [0.15, 0.2) is 29.2 Å². The van der Waals surface area contributed by atoms with Crippen LogP contribution >= 0.6 is 0 Å². The molecule has 2 rings (SSSR count). The minimum Gasteiger partial charge on any atom is -0.326 e. The van der Waals surface area contributed by atoms with Gasteiger partial charge in [-0.3, -0.25) is 4.90 Å². The summed E-state index contributed by atoms with van der Waals surface area (Å²) in [6, 6.07) is 7.52. The van der Waals surface area contributed by atoms with Crippen molar-refractivity contribution in [3.63, 3.8) is 0 Å². The van der Waals surface area contributed by atoms with E-state index in [9.17, 15) is 8.42 Å². The van der Waals surface area contributed by atoms with Crippen LogP contribution in [0, 0.1) is 5.92 Å². The summed E-state index contributed by atoms with van der Waals surface area (Å²) in [4.78, 5) is 2.73. The van der Waals surface area contributed by atoms with Gasteiger partial charge in [0.1, 0.15) is 0 Å². The average Bonchev–Trinajstić information content (AvgIpc) is 3.28. The molecule has 1 saturated carbocycles. The SMILES string of the molecule is CC(C)CN(CCS(=O)(=O)c1ccc(CN)cc1)C1CC1. The van der Waals surface area contributed by atoms with E-state index in [0.717, 1.165) is 12.1 Å². The molecule has 2 N–H and O–H groups in total. The maximum Gasteiger partial charge on any atom is 0.179 e. The highest BCUT2D eigenvalue weighted by atomic mass is 32.2. The Morgan fingerprint density at radius 1 is 1.24 bits per heavy atom. The molecular formula is C16H26N2O2S. The molecule has 21 heavy (non-hydrogen) atoms. The lowest BCUT2D eigenvalue weighted by Crippen LogP contribution is -2.34. The Bertz CT molecular complexity index is 548. The highest BCUT2D eigenvalue weighted by molar-refractivity contribution is 7.91. The summed E-state index contributed by atoms with van der Waals surface area (Å²) in [5.41, 5.74) is 6.49. The van der Waals surface area contributed by atoms with Crippen LogP contribution in [-0.2, 0) is 16.4 Å². The van der Waals surface area contributed by atoms with E-state index < -0.39 is 9.84 Å². The fourth-order valence-electron chi connectivity index (χ4n) is 2.52. The van der Waals surface area contributed by atoms with Crippen LogP contribution in [0.2, 0.25) is 0 Å². The molecule has 0 saturated heterocycles. The van der Waals surface area contributed by atoms with Gasteiger partial charge in [0.2, 0.25) is 0 Å². The van der Waals surface area contributed by atoms with E-state index in [2.05, 4.69) is 18.7 Å². The smallest absolute Gasteiger partial charge is 0.179 e. The van der Waals surface area contributed by atoms with Crippen molar-refractivity contribution in [1.29, 1.82) is 0 Å². The Morgan fingerprint density at radius 2 is 1.86 bits per heavy atom. The second kappa shape index (κ2) is 6.90. The standard InChI is InChI=1S/C16H26N2O2S/c1-13(2)12-18(15-5-6-15)9-10-21(19,20)16-7-3-14(11-17)4-8-16/h3-4,7-8,13,15H,5-6,9-12,17H2,1-2H3. The van der Waals surface area contributed by atoms with Gasteiger partial charge >= 0.3 is 0 Å². The first-order chi connectivity index (χ1) is 9.92. The number of benzene rings is 1. The molecule has 5 heteroatoms. The molecule has 1 aliphatic rings. The van der Waals surface area contributed by atoms with Crippen LogP contribution in [-0.4, -0.2) is 38.2 Å². The number of nitrogens with zero attached hydrogens (tertiary/aromatic N) is 1. The van der Waals surface area contributed by atoms with Crippen LogP contribution < -0.4 is 5.73 Å². The third-order valence-corrected chi connectivity index (χ3v) is 5.54. The molecule has 1 aromatic rings. The molecule has 0 spiro atoms. The molecule has 118 valence electrons. The van der Waals surface area contributed by atoms with Gasteiger partial charge in [-0.25, -0.2) is 8.42 Å². The summed E-state index contributed by atoms with van der Waals surface area (Å²) >= 11 is 0. The van der Waals surface area contributed by atoms with E-state index in [1.54, 1.807) is 24.3 Å². The minimum absolute atomic E-state index is 0.193. The van der Waals surface area contributed by atoms with Gasteiger partial charge < -0.3 is 5.73 Å². The van der Waals surface area contributed by atoms with E-state index in [1.807, 2.05) is 0 Å². The van der Waals surface area contributed by atoms with Gasteiger partial charge in [-0.2, -0.15) is 0 Å². The Kier molecular flexibility index (Phi) is 5.41. The lowest BCUT2D eigenvalue weighted by Gasteiger charge is -2.23. The normalized spacial score (nSPS) is 15.9. The van der Waals surface area contributed by atoms with Crippen molar-refractivity contribution in [2.45, 2.75) is 44.2 Å². The molecule has 0 atom stereocenters. The quantitative estimate of drug-likeness (QED) is 0.798. The Hall–Kier alpha value is -0.910. The molecule has 0 unspecified atom stereocenters. The van der Waals surface area contributed by atoms with Crippen LogP contribution in [0.3, 0.4) is 0 Å². The molecule has 0 heterocycles. The molecule has 1 aliphatic carbocycles. The molecule has 0 aliphatic heterocycles. The fourth-order valence-corrected chi connectivity index (χ4v) is 3.78. The van der Waals surface area contributed by atoms with Crippen LogP contribution in [0.1, 0.15) is 32.3 Å². The number of sulfone groups is 1. The first-order valence-corrected chi connectivity index (χ1v) is 9.33. The van der Waals surface area contributed by atoms with Gasteiger partial charge in [-0.05, 0) is 36.5 Å². The Balaban J connectivity index is 1.98. The number of hydrogen-bond donors (Lipinski definition) is 1. The summed E-state index contributed by atoms with van der Waals surface area (Å²) < 4.78 is 24.8. The topological polar surface area (TPSA) is 63.4 Å². The highest BCUT2D eigenvalue weighted by Gasteiger charge is 2.30. The van der Waals surface area contributed by atoms with Gasteiger partial charge in [0.05, 0.1) is 10.6 Å². The summed E-state index contributed by atoms with van der Waals surface area (Å²) in [6.45, 7) is 6.39. The first-order valence-electron chi connectivity index (χ1n) is 7.68. The van der Waals surface area contributed by atoms with Crippen LogP contribution in [0.25, 0.3) is 0 Å². The fraction of sp³-hybridized carbons (Fsp3) is 0.625. The van der Waals surface area contributed by atoms with E-state index >= 15 is 0 Å². The van der Waals surface area contributed by atoms with E-state index in [0.29, 0.717) is 29.9 Å². The lowest BCUT2D eigenvalue weighted by atomic mass is 10.2. The average molecular weight is 310 g/mol. The van der Waals surface area contributed by atoms with Crippen molar-refractivity contribution < 1.29 is 8.42 Å². The van der Waals surface area contributed by atoms with Gasteiger partial charge in [0.15, 0.2) is 9.84 Å². The van der Waals surface area contributed by atoms with Crippen LogP contribution in [0.4, 0.5) is 0 Å². The maximum absolute atomic E-state index is 12.4. The number of nitrogens with two attached hydrogens (primary N) is 1. The van der Waals surface area contributed by atoms with E-state index in [1.165, 1.54) is 12.8 Å². The Labute approximate surface area is 128 Å². The summed E-state index contributed by atoms with van der Waals surface area (Å²) in [6.07, 6.45) is 2.41. The minimum atomic E-state index is -3.20. The van der Waals surface area contributed by atoms with Gasteiger partial charge in [-0.1, -0.05) is 26.0 Å². The van der Waals surface area contributed by atoms with Crippen molar-refractivity contribution in [2.24, 2.45) is 11.7 Å². The number of rotatable bonds is 8. The molecular weight excluding hydrogens is 284 g/mol. The molecule has 0 radical (unpaired) electrons.